The van der Waals surface area contributed by atoms with Crippen LogP contribution in [0.5, 0.6) is 0 Å². The number of allylic oxidation sites excluding steroid dienone is 2. The van der Waals surface area contributed by atoms with E-state index in [-0.39, 0.29) is 0 Å². The quantitative estimate of drug-likeness (QED) is 0.312. The first-order chi connectivity index (χ1) is 11.9. The van der Waals surface area contributed by atoms with Crippen LogP contribution in [0.25, 0.3) is 54.0 Å². The molecule has 2 aromatic heterocycles. The van der Waals surface area contributed by atoms with Crippen molar-refractivity contribution in [1.29, 1.82) is 0 Å². The maximum absolute atomic E-state index is 3.63. The maximum atomic E-state index is 3.63. The first kappa shape index (κ1) is 12.5. The Kier molecular flexibility index (Phi) is 2.25. The fourth-order valence-corrected chi connectivity index (χ4v) is 5.21. The van der Waals surface area contributed by atoms with E-state index < -0.39 is 0 Å². The topological polar surface area (TPSA) is 15.8 Å². The third-order valence-corrected chi connectivity index (χ3v) is 6.12. The first-order valence-electron chi connectivity index (χ1n) is 8.05. The zero-order valence-electron chi connectivity index (χ0n) is 12.8. The van der Waals surface area contributed by atoms with Gasteiger partial charge in [0.1, 0.15) is 17.7 Å². The highest BCUT2D eigenvalue weighted by molar-refractivity contribution is 7.27. The van der Waals surface area contributed by atoms with Crippen LogP contribution in [0, 0.1) is 6.08 Å². The average Bonchev–Trinajstić information content (AvgIpc) is 3.20. The van der Waals surface area contributed by atoms with E-state index in [4.69, 9.17) is 0 Å². The normalized spacial score (nSPS) is 13.2. The van der Waals surface area contributed by atoms with E-state index in [1.54, 1.807) is 0 Å². The Balaban J connectivity index is 2.03. The molecule has 0 unspecified atom stereocenters. The van der Waals surface area contributed by atoms with Crippen molar-refractivity contribution in [2.75, 3.05) is 0 Å². The Hall–Kier alpha value is -2.93. The number of benzene rings is 3. The van der Waals surface area contributed by atoms with Crippen LogP contribution in [0.2, 0.25) is 0 Å². The number of H-pyrrole nitrogens is 1. The Labute approximate surface area is 142 Å². The molecule has 0 atom stereocenters. The molecule has 0 saturated heterocycles. The van der Waals surface area contributed by atoms with Gasteiger partial charge in [0.05, 0.1) is 17.0 Å². The van der Waals surface area contributed by atoms with Crippen molar-refractivity contribution in [3.63, 3.8) is 0 Å². The lowest BCUT2D eigenvalue weighted by Gasteiger charge is -2.03. The van der Waals surface area contributed by atoms with E-state index in [0.29, 0.717) is 0 Å². The van der Waals surface area contributed by atoms with Crippen LogP contribution in [0.15, 0.2) is 54.6 Å². The fourth-order valence-electron chi connectivity index (χ4n) is 3.93. The van der Waals surface area contributed by atoms with Crippen LogP contribution in [0.4, 0.5) is 0 Å². The number of hydrogen-bond donors (Lipinski definition) is 1. The summed E-state index contributed by atoms with van der Waals surface area (Å²) in [4.78, 5) is 3.63. The molecule has 2 heteroatoms. The number of aromatic nitrogens is 1. The maximum Gasteiger partial charge on any atom is 0.159 e. The van der Waals surface area contributed by atoms with Gasteiger partial charge in [-0.25, -0.2) is 0 Å². The zero-order chi connectivity index (χ0) is 15.7. The highest BCUT2D eigenvalue weighted by Gasteiger charge is 2.23. The summed E-state index contributed by atoms with van der Waals surface area (Å²) in [6, 6.07) is 17.5. The third kappa shape index (κ3) is 1.43. The molecular formula is C22H12NS+. The van der Waals surface area contributed by atoms with Gasteiger partial charge < -0.3 is 0 Å². The van der Waals surface area contributed by atoms with Gasteiger partial charge in [-0.05, 0) is 11.5 Å². The summed E-state index contributed by atoms with van der Waals surface area (Å²) in [6.07, 6.45) is 9.41. The molecule has 1 nitrogen and oxygen atoms in total. The Morgan fingerprint density at radius 2 is 1.62 bits per heavy atom. The van der Waals surface area contributed by atoms with Crippen LogP contribution in [0.1, 0.15) is 11.3 Å². The molecule has 3 aromatic carbocycles. The summed E-state index contributed by atoms with van der Waals surface area (Å²) in [7, 11) is 0. The largest absolute Gasteiger partial charge is 0.300 e. The van der Waals surface area contributed by atoms with Crippen molar-refractivity contribution in [3.05, 3.63) is 71.9 Å². The fraction of sp³-hybridized carbons (Fsp3) is 0. The van der Waals surface area contributed by atoms with Gasteiger partial charge >= 0.3 is 0 Å². The molecule has 24 heavy (non-hydrogen) atoms. The zero-order valence-corrected chi connectivity index (χ0v) is 13.6. The Morgan fingerprint density at radius 1 is 0.833 bits per heavy atom. The number of rotatable bonds is 0. The van der Waals surface area contributed by atoms with Gasteiger partial charge in [-0.2, -0.15) is 0 Å². The average molecular weight is 322 g/mol. The summed E-state index contributed by atoms with van der Waals surface area (Å²) < 4.78 is 2.73. The summed E-state index contributed by atoms with van der Waals surface area (Å²) in [6.45, 7) is 0. The van der Waals surface area contributed by atoms with Gasteiger partial charge in [0.2, 0.25) is 0 Å². The molecule has 0 amide bonds. The molecule has 5 aromatic rings. The molecule has 0 saturated carbocycles. The van der Waals surface area contributed by atoms with Gasteiger partial charge in [0, 0.05) is 31.6 Å². The second-order valence-electron chi connectivity index (χ2n) is 6.19. The molecule has 110 valence electrons. The Bertz CT molecular complexity index is 1340. The highest BCUT2D eigenvalue weighted by Crippen LogP contribution is 2.46. The van der Waals surface area contributed by atoms with Crippen molar-refractivity contribution in [2.45, 2.75) is 0 Å². The van der Waals surface area contributed by atoms with Crippen LogP contribution in [-0.2, 0) is 0 Å². The molecule has 2 heterocycles. The van der Waals surface area contributed by atoms with Crippen LogP contribution >= 0.6 is 11.3 Å². The van der Waals surface area contributed by atoms with Gasteiger partial charge in [-0.1, -0.05) is 42.5 Å². The standard InChI is InChI=1S/C22H12NS/c1-2-8-14-13(7-1)19-16-10-4-6-12-18(16)24-22(19)20-15-9-3-5-11-17(15)23-21(14)20/h1-4,6-12,23H/q+1. The first-order valence-corrected chi connectivity index (χ1v) is 8.87. The molecule has 1 N–H and O–H groups in total. The molecule has 1 aliphatic rings. The van der Waals surface area contributed by atoms with Crippen molar-refractivity contribution in [3.8, 4) is 0 Å². The minimum atomic E-state index is 1.16. The van der Waals surface area contributed by atoms with E-state index >= 15 is 0 Å². The molecule has 6 rings (SSSR count). The van der Waals surface area contributed by atoms with E-state index in [1.807, 2.05) is 23.5 Å². The van der Waals surface area contributed by atoms with Crippen molar-refractivity contribution >= 4 is 65.3 Å². The van der Waals surface area contributed by atoms with E-state index in [0.717, 1.165) is 5.69 Å². The lowest BCUT2D eigenvalue weighted by molar-refractivity contribution is 1.42. The summed E-state index contributed by atoms with van der Waals surface area (Å²) in [5, 5.41) is 6.70. The smallest absolute Gasteiger partial charge is 0.159 e. The minimum Gasteiger partial charge on any atom is -0.300 e. The van der Waals surface area contributed by atoms with Crippen molar-refractivity contribution < 1.29 is 0 Å². The van der Waals surface area contributed by atoms with E-state index in [1.165, 1.54) is 47.4 Å². The number of thiophene rings is 1. The molecule has 0 radical (unpaired) electrons. The number of fused-ring (bicyclic) bond motifs is 10. The monoisotopic (exact) mass is 322 g/mol. The predicted molar refractivity (Wildman–Crippen MR) is 105 cm³/mol. The van der Waals surface area contributed by atoms with Gasteiger partial charge in [-0.15, -0.1) is 11.3 Å². The number of hydrogen-bond acceptors (Lipinski definition) is 1. The Morgan fingerprint density at radius 3 is 2.54 bits per heavy atom. The van der Waals surface area contributed by atoms with Gasteiger partial charge in [0.25, 0.3) is 0 Å². The predicted octanol–water partition coefficient (Wildman–Crippen LogP) is 6.53. The molecular weight excluding hydrogens is 310 g/mol. The SMILES string of the molecule is [C+]1=Cc2[nH]c3c4ccccc4c4c5ccccc5sc4c3c2C=C1. The number of nitrogens with one attached hydrogen (secondary N) is 1. The van der Waals surface area contributed by atoms with Crippen LogP contribution < -0.4 is 0 Å². The highest BCUT2D eigenvalue weighted by atomic mass is 32.1. The van der Waals surface area contributed by atoms with Crippen molar-refractivity contribution in [1.82, 2.24) is 4.98 Å². The lowest BCUT2D eigenvalue weighted by atomic mass is 9.98. The second-order valence-corrected chi connectivity index (χ2v) is 7.25. The minimum absolute atomic E-state index is 1.16. The van der Waals surface area contributed by atoms with Gasteiger partial charge in [-0.3, -0.25) is 4.98 Å². The summed E-state index contributed by atoms with van der Waals surface area (Å²) in [5.74, 6) is 0. The molecule has 0 spiro atoms. The number of aromatic amines is 1. The van der Waals surface area contributed by atoms with E-state index in [2.05, 4.69) is 65.7 Å². The van der Waals surface area contributed by atoms with Crippen LogP contribution in [-0.4, -0.2) is 4.98 Å². The lowest BCUT2D eigenvalue weighted by Crippen LogP contribution is -1.79. The van der Waals surface area contributed by atoms with Gasteiger partial charge in [0.15, 0.2) is 5.69 Å². The molecule has 0 aliphatic heterocycles. The molecule has 1 aliphatic carbocycles. The third-order valence-electron chi connectivity index (χ3n) is 4.93. The van der Waals surface area contributed by atoms with E-state index in [9.17, 15) is 0 Å². The summed E-state index contributed by atoms with van der Waals surface area (Å²) in [5.41, 5.74) is 3.67. The summed E-state index contributed by atoms with van der Waals surface area (Å²) >= 11 is 1.90. The second kappa shape index (κ2) is 4.33. The van der Waals surface area contributed by atoms with Crippen LogP contribution in [0.3, 0.4) is 0 Å². The van der Waals surface area contributed by atoms with Crippen molar-refractivity contribution in [2.24, 2.45) is 0 Å². The molecule has 0 bridgehead atoms. The molecule has 0 fully saturated rings.